The number of carbonyl (C=O) groups excluding carboxylic acids is 1. The number of piperidine rings is 1. The zero-order valence-electron chi connectivity index (χ0n) is 11.8. The van der Waals surface area contributed by atoms with Gasteiger partial charge in [0.15, 0.2) is 0 Å². The van der Waals surface area contributed by atoms with E-state index in [2.05, 4.69) is 6.92 Å². The van der Waals surface area contributed by atoms with Crippen molar-refractivity contribution in [1.29, 1.82) is 0 Å². The van der Waals surface area contributed by atoms with E-state index in [9.17, 15) is 4.79 Å². The lowest BCUT2D eigenvalue weighted by molar-refractivity contribution is -0.136. The molecule has 0 aliphatic carbocycles. The van der Waals surface area contributed by atoms with Gasteiger partial charge in [0.2, 0.25) is 5.91 Å². The van der Waals surface area contributed by atoms with E-state index in [4.69, 9.17) is 5.73 Å². The third kappa shape index (κ3) is 3.98. The van der Waals surface area contributed by atoms with Crippen LogP contribution < -0.4 is 5.73 Å². The van der Waals surface area contributed by atoms with E-state index < -0.39 is 0 Å². The number of likely N-dealkylation sites (tertiary alicyclic amines) is 1. The Kier molecular flexibility index (Phi) is 4.99. The lowest BCUT2D eigenvalue weighted by Crippen LogP contribution is -2.52. The summed E-state index contributed by atoms with van der Waals surface area (Å²) in [6.07, 6.45) is 4.85. The van der Waals surface area contributed by atoms with Crippen LogP contribution in [0.5, 0.6) is 0 Å². The Balaban J connectivity index is 2.46. The summed E-state index contributed by atoms with van der Waals surface area (Å²) in [7, 11) is 0. The van der Waals surface area contributed by atoms with Gasteiger partial charge in [-0.25, -0.2) is 0 Å². The minimum Gasteiger partial charge on any atom is -0.341 e. The molecule has 17 heavy (non-hydrogen) atoms. The molecule has 1 amide bonds. The Morgan fingerprint density at radius 3 is 2.29 bits per heavy atom. The SMILES string of the molecule is CCCC1CCN(C(=O)[C@@H](N)C(C)(C)C)CC1. The molecule has 1 fully saturated rings. The van der Waals surface area contributed by atoms with Crippen molar-refractivity contribution in [2.24, 2.45) is 17.1 Å². The molecule has 0 spiro atoms. The largest absolute Gasteiger partial charge is 0.341 e. The third-order valence-corrected chi connectivity index (χ3v) is 3.82. The highest BCUT2D eigenvalue weighted by atomic mass is 16.2. The molecular weight excluding hydrogens is 212 g/mol. The zero-order chi connectivity index (χ0) is 13.1. The van der Waals surface area contributed by atoms with Crippen LogP contribution in [0.25, 0.3) is 0 Å². The molecule has 0 bridgehead atoms. The number of amides is 1. The maximum absolute atomic E-state index is 12.2. The van der Waals surface area contributed by atoms with E-state index >= 15 is 0 Å². The molecule has 100 valence electrons. The first-order valence-electron chi connectivity index (χ1n) is 6.90. The Morgan fingerprint density at radius 2 is 1.88 bits per heavy atom. The summed E-state index contributed by atoms with van der Waals surface area (Å²) in [6, 6.07) is -0.370. The highest BCUT2D eigenvalue weighted by molar-refractivity contribution is 5.82. The van der Waals surface area contributed by atoms with Gasteiger partial charge in [-0.15, -0.1) is 0 Å². The lowest BCUT2D eigenvalue weighted by atomic mass is 9.85. The van der Waals surface area contributed by atoms with Crippen molar-refractivity contribution >= 4 is 5.91 Å². The van der Waals surface area contributed by atoms with Gasteiger partial charge in [-0.2, -0.15) is 0 Å². The highest BCUT2D eigenvalue weighted by Gasteiger charge is 2.32. The van der Waals surface area contributed by atoms with Crippen LogP contribution in [-0.2, 0) is 4.79 Å². The smallest absolute Gasteiger partial charge is 0.240 e. The molecule has 3 heteroatoms. The number of carbonyl (C=O) groups is 1. The van der Waals surface area contributed by atoms with Crippen molar-refractivity contribution in [3.63, 3.8) is 0 Å². The van der Waals surface area contributed by atoms with Crippen molar-refractivity contribution in [2.45, 2.75) is 59.4 Å². The van der Waals surface area contributed by atoms with Crippen LogP contribution in [0.1, 0.15) is 53.4 Å². The van der Waals surface area contributed by atoms with Crippen LogP contribution in [0.2, 0.25) is 0 Å². The predicted octanol–water partition coefficient (Wildman–Crippen LogP) is 2.40. The van der Waals surface area contributed by atoms with Crippen LogP contribution in [0, 0.1) is 11.3 Å². The molecule has 1 saturated heterocycles. The molecule has 0 aromatic heterocycles. The monoisotopic (exact) mass is 240 g/mol. The Hall–Kier alpha value is -0.570. The van der Waals surface area contributed by atoms with Gasteiger partial charge >= 0.3 is 0 Å². The zero-order valence-corrected chi connectivity index (χ0v) is 11.8. The van der Waals surface area contributed by atoms with Crippen LogP contribution in [0.4, 0.5) is 0 Å². The molecule has 1 heterocycles. The predicted molar refractivity (Wildman–Crippen MR) is 71.6 cm³/mol. The van der Waals surface area contributed by atoms with Crippen molar-refractivity contribution in [2.75, 3.05) is 13.1 Å². The Labute approximate surface area is 106 Å². The van der Waals surface area contributed by atoms with E-state index in [-0.39, 0.29) is 17.4 Å². The first kappa shape index (κ1) is 14.5. The topological polar surface area (TPSA) is 46.3 Å². The molecule has 0 radical (unpaired) electrons. The highest BCUT2D eigenvalue weighted by Crippen LogP contribution is 2.24. The summed E-state index contributed by atoms with van der Waals surface area (Å²) >= 11 is 0. The molecule has 1 aliphatic heterocycles. The summed E-state index contributed by atoms with van der Waals surface area (Å²) in [5.41, 5.74) is 5.89. The second-order valence-electron chi connectivity index (χ2n) is 6.40. The minimum atomic E-state index is -0.370. The van der Waals surface area contributed by atoms with Crippen LogP contribution in [-0.4, -0.2) is 29.9 Å². The van der Waals surface area contributed by atoms with E-state index in [1.807, 2.05) is 25.7 Å². The third-order valence-electron chi connectivity index (χ3n) is 3.82. The molecule has 2 N–H and O–H groups in total. The second-order valence-corrected chi connectivity index (χ2v) is 6.40. The Bertz CT molecular complexity index is 249. The van der Waals surface area contributed by atoms with Crippen molar-refractivity contribution in [1.82, 2.24) is 4.90 Å². The van der Waals surface area contributed by atoms with Crippen molar-refractivity contribution in [3.05, 3.63) is 0 Å². The molecule has 0 aromatic carbocycles. The van der Waals surface area contributed by atoms with Gasteiger partial charge in [-0.05, 0) is 24.2 Å². The molecule has 3 nitrogen and oxygen atoms in total. The van der Waals surface area contributed by atoms with Crippen LogP contribution >= 0.6 is 0 Å². The summed E-state index contributed by atoms with van der Waals surface area (Å²) in [6.45, 7) is 10.1. The maximum atomic E-state index is 12.2. The molecule has 0 unspecified atom stereocenters. The van der Waals surface area contributed by atoms with E-state index in [1.165, 1.54) is 12.8 Å². The van der Waals surface area contributed by atoms with Crippen molar-refractivity contribution < 1.29 is 4.79 Å². The lowest BCUT2D eigenvalue weighted by Gasteiger charge is -2.36. The van der Waals surface area contributed by atoms with Gasteiger partial charge in [0.25, 0.3) is 0 Å². The number of rotatable bonds is 3. The molecular formula is C14H28N2O. The van der Waals surface area contributed by atoms with E-state index in [0.717, 1.165) is 31.8 Å². The summed E-state index contributed by atoms with van der Waals surface area (Å²) in [5, 5.41) is 0. The molecule has 0 aromatic rings. The van der Waals surface area contributed by atoms with Crippen LogP contribution in [0.3, 0.4) is 0 Å². The van der Waals surface area contributed by atoms with E-state index in [0.29, 0.717) is 0 Å². The number of hydrogen-bond acceptors (Lipinski definition) is 2. The van der Waals surface area contributed by atoms with Gasteiger partial charge in [-0.3, -0.25) is 4.79 Å². The quantitative estimate of drug-likeness (QED) is 0.823. The fourth-order valence-corrected chi connectivity index (χ4v) is 2.42. The van der Waals surface area contributed by atoms with Gasteiger partial charge in [0, 0.05) is 13.1 Å². The van der Waals surface area contributed by atoms with Gasteiger partial charge in [0.05, 0.1) is 6.04 Å². The maximum Gasteiger partial charge on any atom is 0.240 e. The molecule has 0 saturated carbocycles. The van der Waals surface area contributed by atoms with Crippen LogP contribution in [0.15, 0.2) is 0 Å². The molecule has 1 aliphatic rings. The summed E-state index contributed by atoms with van der Waals surface area (Å²) in [5.74, 6) is 0.947. The normalized spacial score (nSPS) is 20.4. The fourth-order valence-electron chi connectivity index (χ4n) is 2.42. The number of nitrogens with two attached hydrogens (primary N) is 1. The number of nitrogens with zero attached hydrogens (tertiary/aromatic N) is 1. The second kappa shape index (κ2) is 5.85. The summed E-state index contributed by atoms with van der Waals surface area (Å²) < 4.78 is 0. The van der Waals surface area contributed by atoms with Gasteiger partial charge in [0.1, 0.15) is 0 Å². The average molecular weight is 240 g/mol. The summed E-state index contributed by atoms with van der Waals surface area (Å²) in [4.78, 5) is 14.2. The fraction of sp³-hybridized carbons (Fsp3) is 0.929. The first-order valence-corrected chi connectivity index (χ1v) is 6.90. The molecule has 1 rings (SSSR count). The van der Waals surface area contributed by atoms with Gasteiger partial charge in [-0.1, -0.05) is 40.5 Å². The Morgan fingerprint density at radius 1 is 1.35 bits per heavy atom. The standard InChI is InChI=1S/C14H28N2O/c1-5-6-11-7-9-16(10-8-11)13(17)12(15)14(2,3)4/h11-12H,5-10,15H2,1-4H3/t12-/m1/s1. The van der Waals surface area contributed by atoms with Crippen molar-refractivity contribution in [3.8, 4) is 0 Å². The van der Waals surface area contributed by atoms with Gasteiger partial charge < -0.3 is 10.6 Å². The molecule has 1 atom stereocenters. The number of hydrogen-bond donors (Lipinski definition) is 1. The van der Waals surface area contributed by atoms with E-state index in [1.54, 1.807) is 0 Å². The first-order chi connectivity index (χ1) is 7.86. The minimum absolute atomic E-state index is 0.132. The average Bonchev–Trinajstić information content (AvgIpc) is 2.27.